The van der Waals surface area contributed by atoms with Crippen LogP contribution in [0.1, 0.15) is 41.8 Å². The number of ketones is 1. The van der Waals surface area contributed by atoms with E-state index in [9.17, 15) is 18.4 Å². The lowest BCUT2D eigenvalue weighted by atomic mass is 9.92. The molecule has 1 saturated carbocycles. The molecule has 33 heavy (non-hydrogen) atoms. The third kappa shape index (κ3) is 3.95. The van der Waals surface area contributed by atoms with Crippen LogP contribution in [0.15, 0.2) is 53.5 Å². The van der Waals surface area contributed by atoms with Crippen LogP contribution in [0.4, 0.5) is 13.9 Å². The number of fused-ring (bicyclic) bond motifs is 1. The molecule has 0 spiro atoms. The van der Waals surface area contributed by atoms with Crippen LogP contribution < -0.4 is 10.2 Å². The van der Waals surface area contributed by atoms with Crippen LogP contribution in [0, 0.1) is 24.5 Å². The summed E-state index contributed by atoms with van der Waals surface area (Å²) in [5.74, 6) is -1.66. The lowest BCUT2D eigenvalue weighted by Gasteiger charge is -2.32. The fourth-order valence-corrected chi connectivity index (χ4v) is 5.17. The molecule has 2 aliphatic rings. The van der Waals surface area contributed by atoms with Crippen molar-refractivity contribution in [2.75, 3.05) is 4.90 Å². The van der Waals surface area contributed by atoms with Crippen molar-refractivity contribution in [3.05, 3.63) is 87.6 Å². The standard InChI is InChI=1S/C25H21F2N3O2S/c1-13-12-33-25(28-13)30-11-19-17(7-4-8-20(19)27)22(14(30)2)24(32)29-23(18-10-21(18)31)15-5-3-6-16(26)9-15/h3-9,12,18,23H,10-11H2,1-2H3,(H,29,32)/t18?,23-/m1/s1. The number of carbonyl (C=O) groups excluding carboxylic acids is 2. The molecule has 1 aliphatic carbocycles. The van der Waals surface area contributed by atoms with Gasteiger partial charge in [-0.1, -0.05) is 24.3 Å². The van der Waals surface area contributed by atoms with Gasteiger partial charge in [0.15, 0.2) is 5.13 Å². The van der Waals surface area contributed by atoms with Gasteiger partial charge in [-0.25, -0.2) is 13.8 Å². The Labute approximate surface area is 193 Å². The number of nitrogens with one attached hydrogen (secondary N) is 1. The Morgan fingerprint density at radius 2 is 1.97 bits per heavy atom. The van der Waals surface area contributed by atoms with Gasteiger partial charge in [0.2, 0.25) is 0 Å². The second kappa shape index (κ2) is 8.19. The monoisotopic (exact) mass is 465 g/mol. The number of Topliss-reactive ketones (excluding diaryl/α,β-unsaturated/α-hetero) is 1. The van der Waals surface area contributed by atoms with Crippen LogP contribution in [-0.2, 0) is 16.1 Å². The number of aromatic nitrogens is 1. The Bertz CT molecular complexity index is 1320. The highest BCUT2D eigenvalue weighted by Gasteiger charge is 2.44. The molecule has 2 atom stereocenters. The fraction of sp³-hybridized carbons (Fsp3) is 0.240. The summed E-state index contributed by atoms with van der Waals surface area (Å²) in [7, 11) is 0. The molecule has 1 unspecified atom stereocenters. The first-order valence-electron chi connectivity index (χ1n) is 10.6. The number of hydrogen-bond acceptors (Lipinski definition) is 5. The molecule has 1 fully saturated rings. The number of hydrogen-bond donors (Lipinski definition) is 1. The van der Waals surface area contributed by atoms with Crippen molar-refractivity contribution in [2.45, 2.75) is 32.9 Å². The number of rotatable bonds is 5. The highest BCUT2D eigenvalue weighted by molar-refractivity contribution is 7.13. The highest BCUT2D eigenvalue weighted by Crippen LogP contribution is 2.40. The van der Waals surface area contributed by atoms with Crippen LogP contribution >= 0.6 is 11.3 Å². The number of aryl methyl sites for hydroxylation is 1. The van der Waals surface area contributed by atoms with Crippen molar-refractivity contribution >= 4 is 33.7 Å². The molecule has 8 heteroatoms. The molecule has 168 valence electrons. The molecule has 1 aromatic heterocycles. The van der Waals surface area contributed by atoms with Gasteiger partial charge in [-0.3, -0.25) is 9.59 Å². The Morgan fingerprint density at radius 3 is 2.64 bits per heavy atom. The van der Waals surface area contributed by atoms with Crippen LogP contribution in [0.25, 0.3) is 5.57 Å². The predicted molar refractivity (Wildman–Crippen MR) is 122 cm³/mol. The van der Waals surface area contributed by atoms with Gasteiger partial charge in [0.1, 0.15) is 17.4 Å². The summed E-state index contributed by atoms with van der Waals surface area (Å²) >= 11 is 1.42. The van der Waals surface area contributed by atoms with E-state index in [1.807, 2.05) is 17.2 Å². The number of benzene rings is 2. The number of thiazole rings is 1. The maximum Gasteiger partial charge on any atom is 0.254 e. The van der Waals surface area contributed by atoms with Crippen LogP contribution in [0.2, 0.25) is 0 Å². The van der Waals surface area contributed by atoms with E-state index in [-0.39, 0.29) is 12.3 Å². The quantitative estimate of drug-likeness (QED) is 0.581. The zero-order chi connectivity index (χ0) is 23.3. The molecule has 1 aliphatic heterocycles. The van der Waals surface area contributed by atoms with Gasteiger partial charge in [0.25, 0.3) is 5.91 Å². The molecule has 0 saturated heterocycles. The van der Waals surface area contributed by atoms with E-state index in [4.69, 9.17) is 0 Å². The number of amides is 1. The number of allylic oxidation sites excluding steroid dienone is 1. The molecule has 0 radical (unpaired) electrons. The molecule has 1 amide bonds. The van der Waals surface area contributed by atoms with Gasteiger partial charge in [-0.2, -0.15) is 0 Å². The Hall–Kier alpha value is -3.39. The van der Waals surface area contributed by atoms with Crippen molar-refractivity contribution in [3.8, 4) is 0 Å². The first-order chi connectivity index (χ1) is 15.8. The van der Waals surface area contributed by atoms with Crippen molar-refractivity contribution in [1.82, 2.24) is 10.3 Å². The zero-order valence-electron chi connectivity index (χ0n) is 18.1. The topological polar surface area (TPSA) is 62.3 Å². The summed E-state index contributed by atoms with van der Waals surface area (Å²) < 4.78 is 28.7. The van der Waals surface area contributed by atoms with Gasteiger partial charge < -0.3 is 10.2 Å². The second-order valence-electron chi connectivity index (χ2n) is 8.37. The minimum absolute atomic E-state index is 0.0187. The molecule has 3 aromatic rings. The van der Waals surface area contributed by atoms with Gasteiger partial charge in [0, 0.05) is 29.0 Å². The zero-order valence-corrected chi connectivity index (χ0v) is 18.9. The molecule has 1 N–H and O–H groups in total. The normalized spacial score (nSPS) is 18.2. The molecule has 5 rings (SSSR count). The highest BCUT2D eigenvalue weighted by atomic mass is 32.1. The van der Waals surface area contributed by atoms with Crippen LogP contribution in [0.5, 0.6) is 0 Å². The lowest BCUT2D eigenvalue weighted by molar-refractivity contribution is -0.116. The van der Waals surface area contributed by atoms with Gasteiger partial charge in [-0.05, 0) is 43.2 Å². The van der Waals surface area contributed by atoms with Gasteiger partial charge in [-0.15, -0.1) is 11.3 Å². The van der Waals surface area contributed by atoms with E-state index >= 15 is 0 Å². The summed E-state index contributed by atoms with van der Waals surface area (Å²) in [5, 5.41) is 5.51. The van der Waals surface area contributed by atoms with Crippen molar-refractivity contribution in [3.63, 3.8) is 0 Å². The summed E-state index contributed by atoms with van der Waals surface area (Å²) in [5.41, 5.74) is 3.24. The first kappa shape index (κ1) is 21.5. The summed E-state index contributed by atoms with van der Waals surface area (Å²) in [6, 6.07) is 9.91. The lowest BCUT2D eigenvalue weighted by Crippen LogP contribution is -2.36. The van der Waals surface area contributed by atoms with E-state index in [1.54, 1.807) is 31.2 Å². The Kier molecular flexibility index (Phi) is 5.32. The Morgan fingerprint density at radius 1 is 1.21 bits per heavy atom. The second-order valence-corrected chi connectivity index (χ2v) is 9.20. The van der Waals surface area contributed by atoms with E-state index < -0.39 is 29.5 Å². The van der Waals surface area contributed by atoms with Gasteiger partial charge in [0.05, 0.1) is 23.9 Å². The molecule has 2 heterocycles. The molecule has 5 nitrogen and oxygen atoms in total. The summed E-state index contributed by atoms with van der Waals surface area (Å²) in [4.78, 5) is 31.9. The Balaban J connectivity index is 1.57. The first-order valence-corrected chi connectivity index (χ1v) is 11.5. The summed E-state index contributed by atoms with van der Waals surface area (Å²) in [6.45, 7) is 3.94. The average Bonchev–Trinajstić information content (AvgIpc) is 3.34. The minimum atomic E-state index is -0.657. The minimum Gasteiger partial charge on any atom is -0.344 e. The molecule has 2 aromatic carbocycles. The number of halogens is 2. The predicted octanol–water partition coefficient (Wildman–Crippen LogP) is 4.93. The summed E-state index contributed by atoms with van der Waals surface area (Å²) in [6.07, 6.45) is 0.329. The van der Waals surface area contributed by atoms with E-state index in [1.165, 1.54) is 29.5 Å². The van der Waals surface area contributed by atoms with Crippen LogP contribution in [0.3, 0.4) is 0 Å². The largest absolute Gasteiger partial charge is 0.344 e. The number of carbonyl (C=O) groups is 2. The molecular formula is C25H21F2N3O2S. The maximum atomic E-state index is 14.8. The van der Waals surface area contributed by atoms with Crippen molar-refractivity contribution < 1.29 is 18.4 Å². The van der Waals surface area contributed by atoms with E-state index in [0.29, 0.717) is 39.5 Å². The van der Waals surface area contributed by atoms with Crippen molar-refractivity contribution in [2.24, 2.45) is 5.92 Å². The van der Waals surface area contributed by atoms with Crippen LogP contribution in [-0.4, -0.2) is 16.7 Å². The smallest absolute Gasteiger partial charge is 0.254 e. The molecular weight excluding hydrogens is 444 g/mol. The number of nitrogens with zero attached hydrogens (tertiary/aromatic N) is 2. The van der Waals surface area contributed by atoms with E-state index in [2.05, 4.69) is 10.3 Å². The third-order valence-electron chi connectivity index (χ3n) is 6.11. The maximum absolute atomic E-state index is 14.8. The van der Waals surface area contributed by atoms with Crippen molar-refractivity contribution in [1.29, 1.82) is 0 Å². The van der Waals surface area contributed by atoms with Gasteiger partial charge >= 0.3 is 0 Å². The fourth-order valence-electron chi connectivity index (χ4n) is 4.31. The SMILES string of the molecule is CC1=C(C(=O)N[C@H](c2cccc(F)c2)C2CC2=O)c2cccc(F)c2CN1c1nc(C)cs1. The third-order valence-corrected chi connectivity index (χ3v) is 7.09. The average molecular weight is 466 g/mol. The number of anilines is 1. The molecule has 0 bridgehead atoms. The van der Waals surface area contributed by atoms with E-state index in [0.717, 1.165) is 5.69 Å².